The molecule has 3 amide bonds. The molecule has 0 spiro atoms. The average molecular weight is 400 g/mol. The zero-order valence-electron chi connectivity index (χ0n) is 16.7. The van der Waals surface area contributed by atoms with E-state index in [-0.39, 0.29) is 18.2 Å². The Morgan fingerprint density at radius 2 is 2.21 bits per heavy atom. The lowest BCUT2D eigenvalue weighted by atomic mass is 9.93. The van der Waals surface area contributed by atoms with Crippen LogP contribution in [0, 0.1) is 0 Å². The first-order valence-electron chi connectivity index (χ1n) is 9.34. The molecule has 2 heterocycles. The van der Waals surface area contributed by atoms with E-state index in [0.717, 1.165) is 12.0 Å². The Balaban J connectivity index is 1.96. The van der Waals surface area contributed by atoms with Crippen molar-refractivity contribution >= 4 is 18.2 Å². The first-order valence-corrected chi connectivity index (χ1v) is 9.34. The van der Waals surface area contributed by atoms with E-state index in [9.17, 15) is 14.4 Å². The molecule has 2 N–H and O–H groups in total. The van der Waals surface area contributed by atoms with E-state index in [1.165, 1.54) is 12.0 Å². The van der Waals surface area contributed by atoms with Crippen LogP contribution < -0.4 is 15.4 Å². The van der Waals surface area contributed by atoms with Gasteiger partial charge in [-0.05, 0) is 31.2 Å². The second-order valence-corrected chi connectivity index (χ2v) is 6.86. The number of imide groups is 1. The normalized spacial score (nSPS) is 15.0. The number of rotatable bonds is 9. The minimum atomic E-state index is -1.47. The molecule has 0 saturated carbocycles. The Hall–Kier alpha value is -3.20. The summed E-state index contributed by atoms with van der Waals surface area (Å²) >= 11 is 0. The second kappa shape index (κ2) is 8.44. The zero-order chi connectivity index (χ0) is 21.0. The van der Waals surface area contributed by atoms with Crippen LogP contribution in [0.1, 0.15) is 40.7 Å². The second-order valence-electron chi connectivity index (χ2n) is 6.86. The molecular weight excluding hydrogens is 376 g/mol. The first-order chi connectivity index (χ1) is 14.0. The molecule has 3 rings (SSSR count). The zero-order valence-corrected chi connectivity index (χ0v) is 16.7. The van der Waals surface area contributed by atoms with Crippen molar-refractivity contribution in [3.8, 4) is 5.75 Å². The number of nitrogens with zero attached hydrogens (tertiary/aromatic N) is 2. The topological polar surface area (TPSA) is 114 Å². The number of hydrogen-bond acceptors (Lipinski definition) is 7. The molecule has 0 aliphatic carbocycles. The highest BCUT2D eigenvalue weighted by Crippen LogP contribution is 2.31. The van der Waals surface area contributed by atoms with Crippen molar-refractivity contribution in [2.75, 3.05) is 20.7 Å². The van der Waals surface area contributed by atoms with Gasteiger partial charge in [0.1, 0.15) is 5.75 Å². The lowest BCUT2D eigenvalue weighted by Gasteiger charge is -2.32. The molecule has 2 aromatic rings. The highest BCUT2D eigenvalue weighted by molar-refractivity contribution is 6.00. The SMILES string of the molecule is CCCc1cc([C@](CN2Cc3ccc(OC)cc3C2=O)(NC)C(=O)NC=O)on1. The van der Waals surface area contributed by atoms with E-state index >= 15 is 0 Å². The summed E-state index contributed by atoms with van der Waals surface area (Å²) in [4.78, 5) is 38.4. The number of carbonyl (C=O) groups excluding carboxylic acids is 3. The van der Waals surface area contributed by atoms with Crippen LogP contribution in [-0.4, -0.2) is 49.0 Å². The van der Waals surface area contributed by atoms with Gasteiger partial charge in [-0.25, -0.2) is 0 Å². The van der Waals surface area contributed by atoms with Crippen LogP contribution in [-0.2, 0) is 28.1 Å². The molecular formula is C20H24N4O5. The fraction of sp³-hybridized carbons (Fsp3) is 0.400. The number of ether oxygens (including phenoxy) is 1. The lowest BCUT2D eigenvalue weighted by Crippen LogP contribution is -2.58. The Kier molecular flexibility index (Phi) is 5.97. The number of carbonyl (C=O) groups is 3. The van der Waals surface area contributed by atoms with Crippen LogP contribution in [0.3, 0.4) is 0 Å². The van der Waals surface area contributed by atoms with E-state index < -0.39 is 11.4 Å². The van der Waals surface area contributed by atoms with Crippen LogP contribution in [0.2, 0.25) is 0 Å². The van der Waals surface area contributed by atoms with Crippen molar-refractivity contribution in [2.45, 2.75) is 31.8 Å². The number of fused-ring (bicyclic) bond motifs is 1. The Morgan fingerprint density at radius 1 is 1.41 bits per heavy atom. The van der Waals surface area contributed by atoms with E-state index in [1.807, 2.05) is 13.0 Å². The van der Waals surface area contributed by atoms with E-state index in [2.05, 4.69) is 15.8 Å². The number of hydrogen-bond donors (Lipinski definition) is 2. The fourth-order valence-electron chi connectivity index (χ4n) is 3.52. The molecule has 29 heavy (non-hydrogen) atoms. The molecule has 9 heteroatoms. The van der Waals surface area contributed by atoms with Gasteiger partial charge in [0.05, 0.1) is 19.3 Å². The molecule has 154 valence electrons. The monoisotopic (exact) mass is 400 g/mol. The fourth-order valence-corrected chi connectivity index (χ4v) is 3.52. The molecule has 1 aromatic carbocycles. The minimum Gasteiger partial charge on any atom is -0.497 e. The predicted octanol–water partition coefficient (Wildman–Crippen LogP) is 0.979. The number of aryl methyl sites for hydroxylation is 1. The van der Waals surface area contributed by atoms with Gasteiger partial charge in [-0.1, -0.05) is 24.6 Å². The predicted molar refractivity (Wildman–Crippen MR) is 103 cm³/mol. The largest absolute Gasteiger partial charge is 0.497 e. The maximum absolute atomic E-state index is 13.0. The summed E-state index contributed by atoms with van der Waals surface area (Å²) in [6.45, 7) is 2.29. The molecule has 0 fully saturated rings. The van der Waals surface area contributed by atoms with Gasteiger partial charge in [0.15, 0.2) is 11.3 Å². The van der Waals surface area contributed by atoms with Crippen LogP contribution in [0.25, 0.3) is 0 Å². The van der Waals surface area contributed by atoms with E-state index in [1.54, 1.807) is 25.2 Å². The quantitative estimate of drug-likeness (QED) is 0.603. The van der Waals surface area contributed by atoms with Gasteiger partial charge >= 0.3 is 0 Å². The molecule has 0 radical (unpaired) electrons. The number of likely N-dealkylation sites (N-methyl/N-ethyl adjacent to an activating group) is 1. The molecule has 1 aliphatic heterocycles. The van der Waals surface area contributed by atoms with Gasteiger partial charge in [0.25, 0.3) is 11.8 Å². The summed E-state index contributed by atoms with van der Waals surface area (Å²) in [5.74, 6) is -0.0395. The summed E-state index contributed by atoms with van der Waals surface area (Å²) in [6, 6.07) is 6.97. The van der Waals surface area contributed by atoms with Crippen LogP contribution in [0.4, 0.5) is 0 Å². The number of aromatic nitrogens is 1. The van der Waals surface area contributed by atoms with E-state index in [0.29, 0.717) is 36.4 Å². The van der Waals surface area contributed by atoms with Crippen molar-refractivity contribution in [2.24, 2.45) is 0 Å². The highest BCUT2D eigenvalue weighted by atomic mass is 16.5. The standard InChI is InChI=1S/C20H24N4O5/c1-4-5-14-8-17(29-23-14)20(21-2,19(27)22-12-25)11-24-10-13-6-7-15(28-3)9-16(13)18(24)26/h6-9,12,21H,4-5,10-11H2,1-3H3,(H,22,25,27)/t20-/m0/s1. The van der Waals surface area contributed by atoms with Crippen molar-refractivity contribution < 1.29 is 23.6 Å². The summed E-state index contributed by atoms with van der Waals surface area (Å²) in [6.07, 6.45) is 1.86. The average Bonchev–Trinajstić information content (AvgIpc) is 3.31. The third-order valence-electron chi connectivity index (χ3n) is 5.11. The van der Waals surface area contributed by atoms with Crippen LogP contribution in [0.15, 0.2) is 28.8 Å². The van der Waals surface area contributed by atoms with E-state index in [4.69, 9.17) is 9.26 Å². The first kappa shape index (κ1) is 20.5. The summed E-state index contributed by atoms with van der Waals surface area (Å²) in [5, 5.41) is 9.14. The third-order valence-corrected chi connectivity index (χ3v) is 5.11. The van der Waals surface area contributed by atoms with Gasteiger partial charge < -0.3 is 14.2 Å². The lowest BCUT2D eigenvalue weighted by molar-refractivity contribution is -0.132. The van der Waals surface area contributed by atoms with Crippen LogP contribution >= 0.6 is 0 Å². The minimum absolute atomic E-state index is 0.0419. The van der Waals surface area contributed by atoms with Gasteiger partial charge in [0.2, 0.25) is 6.41 Å². The summed E-state index contributed by atoms with van der Waals surface area (Å²) < 4.78 is 10.7. The van der Waals surface area contributed by atoms with Crippen molar-refractivity contribution in [3.05, 3.63) is 46.8 Å². The summed E-state index contributed by atoms with van der Waals surface area (Å²) in [5.41, 5.74) is 0.582. The van der Waals surface area contributed by atoms with Gasteiger partial charge in [-0.15, -0.1) is 0 Å². The van der Waals surface area contributed by atoms with Gasteiger partial charge in [0, 0.05) is 18.2 Å². The molecule has 1 aromatic heterocycles. The van der Waals surface area contributed by atoms with Crippen LogP contribution in [0.5, 0.6) is 5.75 Å². The molecule has 9 nitrogen and oxygen atoms in total. The maximum atomic E-state index is 13.0. The Labute approximate surface area is 168 Å². The van der Waals surface area contributed by atoms with Crippen molar-refractivity contribution in [1.29, 1.82) is 0 Å². The number of benzene rings is 1. The molecule has 0 bridgehead atoms. The number of nitrogens with one attached hydrogen (secondary N) is 2. The number of amides is 3. The third kappa shape index (κ3) is 3.73. The Morgan fingerprint density at radius 3 is 2.86 bits per heavy atom. The molecule has 0 unspecified atom stereocenters. The van der Waals surface area contributed by atoms with Crippen molar-refractivity contribution in [1.82, 2.24) is 20.7 Å². The molecule has 1 aliphatic rings. The maximum Gasteiger partial charge on any atom is 0.256 e. The molecule has 1 atom stereocenters. The van der Waals surface area contributed by atoms with Gasteiger partial charge in [-0.3, -0.25) is 25.0 Å². The van der Waals surface area contributed by atoms with Gasteiger partial charge in [-0.2, -0.15) is 0 Å². The highest BCUT2D eigenvalue weighted by Gasteiger charge is 2.46. The molecule has 0 saturated heterocycles. The number of methoxy groups -OCH3 is 1. The summed E-state index contributed by atoms with van der Waals surface area (Å²) in [7, 11) is 3.11. The Bertz CT molecular complexity index is 925. The smallest absolute Gasteiger partial charge is 0.256 e. The van der Waals surface area contributed by atoms with Crippen molar-refractivity contribution in [3.63, 3.8) is 0 Å².